The van der Waals surface area contributed by atoms with Gasteiger partial charge in [-0.25, -0.2) is 4.57 Å². The third kappa shape index (κ3) is 30.7. The number of rotatable bonds is 39. The topological polar surface area (TPSA) is 192 Å². The first-order valence-corrected chi connectivity index (χ1v) is 25.1. The summed E-state index contributed by atoms with van der Waals surface area (Å²) >= 11 is 0. The molecule has 0 radical (unpaired) electrons. The van der Waals surface area contributed by atoms with Gasteiger partial charge < -0.3 is 39.9 Å². The summed E-state index contributed by atoms with van der Waals surface area (Å²) in [6.45, 7) is 4.12. The Morgan fingerprint density at radius 1 is 0.541 bits per heavy atom. The van der Waals surface area contributed by atoms with Crippen molar-refractivity contribution < 1.29 is 58.3 Å². The van der Waals surface area contributed by atoms with Crippen LogP contribution in [-0.4, -0.2) is 98.9 Å². The number of allylic oxidation sites excluding steroid dienone is 10. The summed E-state index contributed by atoms with van der Waals surface area (Å²) in [5.74, 6) is -0.496. The fourth-order valence-corrected chi connectivity index (χ4v) is 7.88. The molecule has 354 valence electrons. The second kappa shape index (κ2) is 38.5. The average molecular weight is 885 g/mol. The first-order chi connectivity index (χ1) is 29.5. The van der Waals surface area contributed by atoms with Crippen LogP contribution in [0, 0.1) is 0 Å². The minimum absolute atomic E-state index is 0.0852. The van der Waals surface area contributed by atoms with Crippen LogP contribution in [0.4, 0.5) is 0 Å². The molecule has 6 atom stereocenters. The Bertz CT molecular complexity index is 1240. The van der Waals surface area contributed by atoms with Gasteiger partial charge in [0.2, 0.25) is 0 Å². The number of phosphoric acid groups is 1. The molecular weight excluding hydrogens is 799 g/mol. The van der Waals surface area contributed by atoms with E-state index in [9.17, 15) is 39.8 Å². The summed E-state index contributed by atoms with van der Waals surface area (Å²) in [6.07, 6.45) is 35.7. The molecular formula is C48H85O12P. The highest BCUT2D eigenvalue weighted by atomic mass is 31.2. The minimum Gasteiger partial charge on any atom is -0.457 e. The second-order valence-corrected chi connectivity index (χ2v) is 17.6. The Hall–Kier alpha value is -1.96. The maximum atomic E-state index is 12.8. The molecule has 1 aliphatic carbocycles. The van der Waals surface area contributed by atoms with E-state index in [1.54, 1.807) is 0 Å². The van der Waals surface area contributed by atoms with Crippen molar-refractivity contribution in [1.29, 1.82) is 0 Å². The number of hydrogen-bond acceptors (Lipinski definition) is 11. The predicted molar refractivity (Wildman–Crippen MR) is 244 cm³/mol. The molecule has 0 saturated heterocycles. The van der Waals surface area contributed by atoms with Crippen LogP contribution in [0.1, 0.15) is 174 Å². The lowest BCUT2D eigenvalue weighted by atomic mass is 9.85. The molecule has 1 fully saturated rings. The molecule has 0 spiro atoms. The van der Waals surface area contributed by atoms with Crippen LogP contribution < -0.4 is 0 Å². The Balaban J connectivity index is 2.39. The molecule has 0 aromatic carbocycles. The zero-order valence-corrected chi connectivity index (χ0v) is 38.6. The zero-order valence-electron chi connectivity index (χ0n) is 37.7. The molecule has 0 aromatic rings. The Labute approximate surface area is 368 Å². The van der Waals surface area contributed by atoms with E-state index in [0.717, 1.165) is 83.5 Å². The van der Waals surface area contributed by atoms with Gasteiger partial charge in [0, 0.05) is 13.0 Å². The van der Waals surface area contributed by atoms with Crippen molar-refractivity contribution in [3.05, 3.63) is 60.8 Å². The van der Waals surface area contributed by atoms with Crippen molar-refractivity contribution in [2.45, 2.75) is 217 Å². The van der Waals surface area contributed by atoms with Crippen LogP contribution in [0.3, 0.4) is 0 Å². The van der Waals surface area contributed by atoms with E-state index in [-0.39, 0.29) is 13.0 Å². The van der Waals surface area contributed by atoms with Gasteiger partial charge in [-0.1, -0.05) is 171 Å². The summed E-state index contributed by atoms with van der Waals surface area (Å²) in [5.41, 5.74) is 0. The summed E-state index contributed by atoms with van der Waals surface area (Å²) in [6, 6.07) is 0. The lowest BCUT2D eigenvalue weighted by molar-refractivity contribution is -0.220. The van der Waals surface area contributed by atoms with Crippen molar-refractivity contribution in [1.82, 2.24) is 0 Å². The first-order valence-electron chi connectivity index (χ1n) is 23.6. The van der Waals surface area contributed by atoms with Crippen LogP contribution in [0.5, 0.6) is 0 Å². The Morgan fingerprint density at radius 2 is 0.967 bits per heavy atom. The first kappa shape index (κ1) is 57.1. The number of phosphoric ester groups is 1. The minimum atomic E-state index is -5.02. The summed E-state index contributed by atoms with van der Waals surface area (Å²) in [5, 5.41) is 50.2. The lowest BCUT2D eigenvalue weighted by Crippen LogP contribution is -2.64. The number of ether oxygens (including phenoxy) is 2. The number of unbranched alkanes of at least 4 members (excludes halogenated alkanes) is 17. The Morgan fingerprint density at radius 3 is 1.48 bits per heavy atom. The monoisotopic (exact) mass is 885 g/mol. The van der Waals surface area contributed by atoms with Crippen LogP contribution in [0.2, 0.25) is 0 Å². The molecule has 61 heavy (non-hydrogen) atoms. The molecule has 0 amide bonds. The van der Waals surface area contributed by atoms with Gasteiger partial charge in [-0.05, 0) is 57.8 Å². The van der Waals surface area contributed by atoms with E-state index in [1.165, 1.54) is 64.2 Å². The van der Waals surface area contributed by atoms with Crippen molar-refractivity contribution in [2.24, 2.45) is 0 Å². The van der Waals surface area contributed by atoms with Gasteiger partial charge in [-0.2, -0.15) is 0 Å². The fraction of sp³-hybridized carbons (Fsp3) is 0.771. The Kier molecular flexibility index (Phi) is 36.0. The number of aliphatic hydroxyl groups is 5. The SMILES string of the molecule is CC/C=C\C/C=C\C/C=C\C/C=C\C/C=C\CCCCCCCC(=O)OC(COCCCCCCCCCCCCCCC)COP(=O)(O)OC1C(O)C(O)C(O)C(O)C1O. The van der Waals surface area contributed by atoms with E-state index < -0.39 is 63.1 Å². The number of hydrogen-bond donors (Lipinski definition) is 6. The molecule has 1 rings (SSSR count). The molecule has 0 aliphatic heterocycles. The van der Waals surface area contributed by atoms with Gasteiger partial charge in [0.1, 0.15) is 42.7 Å². The molecule has 0 bridgehead atoms. The maximum absolute atomic E-state index is 12.8. The highest BCUT2D eigenvalue weighted by Crippen LogP contribution is 2.47. The van der Waals surface area contributed by atoms with E-state index in [0.29, 0.717) is 13.0 Å². The molecule has 0 heterocycles. The van der Waals surface area contributed by atoms with E-state index >= 15 is 0 Å². The maximum Gasteiger partial charge on any atom is 0.472 e. The normalized spacial score (nSPS) is 22.7. The van der Waals surface area contributed by atoms with Gasteiger partial charge in [0.25, 0.3) is 0 Å². The fourth-order valence-electron chi connectivity index (χ4n) is 6.91. The van der Waals surface area contributed by atoms with Crippen molar-refractivity contribution in [3.8, 4) is 0 Å². The molecule has 1 saturated carbocycles. The van der Waals surface area contributed by atoms with Crippen LogP contribution >= 0.6 is 7.82 Å². The molecule has 6 N–H and O–H groups in total. The molecule has 12 nitrogen and oxygen atoms in total. The number of esters is 1. The van der Waals surface area contributed by atoms with Gasteiger partial charge >= 0.3 is 13.8 Å². The third-order valence-corrected chi connectivity index (χ3v) is 11.6. The number of carbonyl (C=O) groups excluding carboxylic acids is 1. The van der Waals surface area contributed by atoms with Gasteiger partial charge in [-0.3, -0.25) is 13.8 Å². The number of aliphatic hydroxyl groups excluding tert-OH is 5. The predicted octanol–water partition coefficient (Wildman–Crippen LogP) is 9.81. The molecule has 0 aromatic heterocycles. The molecule has 6 unspecified atom stereocenters. The standard InChI is InChI=1S/C48H85O12P/c1-3-5-7-9-11-13-15-17-18-19-20-21-22-23-24-25-27-29-31-33-35-37-42(49)59-41(39-57-38-36-34-32-30-28-26-16-14-12-10-8-6-4-2)40-58-61(55,56)60-48-46(53)44(51)43(50)45(52)47(48)54/h5,7,11,13,17-18,20-21,23-24,41,43-48,50-54H,3-4,6,8-10,12,14-16,19,22,25-40H2,1-2H3,(H,55,56)/b7-5-,13-11-,18-17-,21-20-,24-23-. The lowest BCUT2D eigenvalue weighted by Gasteiger charge is -2.41. The van der Waals surface area contributed by atoms with Gasteiger partial charge in [0.05, 0.1) is 13.2 Å². The second-order valence-electron chi connectivity index (χ2n) is 16.2. The van der Waals surface area contributed by atoms with Crippen molar-refractivity contribution in [2.75, 3.05) is 19.8 Å². The van der Waals surface area contributed by atoms with Crippen LogP contribution in [0.15, 0.2) is 60.8 Å². The molecule has 1 aliphatic rings. The zero-order chi connectivity index (χ0) is 44.8. The van der Waals surface area contributed by atoms with E-state index in [2.05, 4.69) is 74.6 Å². The van der Waals surface area contributed by atoms with Crippen LogP contribution in [0.25, 0.3) is 0 Å². The van der Waals surface area contributed by atoms with Gasteiger partial charge in [0.15, 0.2) is 0 Å². The highest BCUT2D eigenvalue weighted by molar-refractivity contribution is 7.47. The van der Waals surface area contributed by atoms with E-state index in [1.807, 2.05) is 0 Å². The van der Waals surface area contributed by atoms with E-state index in [4.69, 9.17) is 18.5 Å². The average Bonchev–Trinajstić information content (AvgIpc) is 3.24. The summed E-state index contributed by atoms with van der Waals surface area (Å²) < 4.78 is 34.2. The quantitative estimate of drug-likeness (QED) is 0.0148. The van der Waals surface area contributed by atoms with Crippen molar-refractivity contribution in [3.63, 3.8) is 0 Å². The van der Waals surface area contributed by atoms with Gasteiger partial charge in [-0.15, -0.1) is 0 Å². The van der Waals surface area contributed by atoms with Crippen LogP contribution in [-0.2, 0) is 27.9 Å². The van der Waals surface area contributed by atoms with Crippen molar-refractivity contribution >= 4 is 13.8 Å². The number of carbonyl (C=O) groups is 1. The third-order valence-electron chi connectivity index (χ3n) is 10.7. The smallest absolute Gasteiger partial charge is 0.457 e. The summed E-state index contributed by atoms with van der Waals surface area (Å²) in [4.78, 5) is 23.2. The largest absolute Gasteiger partial charge is 0.472 e. The highest BCUT2D eigenvalue weighted by Gasteiger charge is 2.51. The molecule has 13 heteroatoms. The summed E-state index contributed by atoms with van der Waals surface area (Å²) in [7, 11) is -5.02.